The molecule has 92 valence electrons. The topological polar surface area (TPSA) is 40.5 Å². The van der Waals surface area contributed by atoms with Gasteiger partial charge in [-0.05, 0) is 32.1 Å². The van der Waals surface area contributed by atoms with Crippen LogP contribution in [0.25, 0.3) is 0 Å². The molecule has 0 aromatic heterocycles. The minimum Gasteiger partial charge on any atom is -0.396 e. The van der Waals surface area contributed by atoms with Crippen molar-refractivity contribution in [2.45, 2.75) is 63.5 Å². The highest BCUT2D eigenvalue weighted by atomic mass is 16.3. The fraction of sp³-hybridized carbons (Fsp3) is 0.923. The number of carbonyl (C=O) groups excluding carboxylic acids is 1. The molecule has 3 nitrogen and oxygen atoms in total. The molecule has 3 heteroatoms. The molecular weight excluding hydrogens is 202 g/mol. The van der Waals surface area contributed by atoms with Gasteiger partial charge in [0.05, 0.1) is 0 Å². The summed E-state index contributed by atoms with van der Waals surface area (Å²) in [6.45, 7) is 1.30. The normalized spacial score (nSPS) is 23.8. The van der Waals surface area contributed by atoms with E-state index in [0.717, 1.165) is 44.7 Å². The van der Waals surface area contributed by atoms with Gasteiger partial charge in [0.1, 0.15) is 5.78 Å². The van der Waals surface area contributed by atoms with Gasteiger partial charge < -0.3 is 5.11 Å². The molecular formula is C13H23NO2. The van der Waals surface area contributed by atoms with Gasteiger partial charge in [-0.25, -0.2) is 0 Å². The maximum atomic E-state index is 11.2. The zero-order valence-corrected chi connectivity index (χ0v) is 10.0. The number of ketones is 1. The first-order valence-electron chi connectivity index (χ1n) is 6.69. The summed E-state index contributed by atoms with van der Waals surface area (Å²) in [5, 5.41) is 8.95. The predicted octanol–water partition coefficient (Wildman–Crippen LogP) is 1.73. The first kappa shape index (κ1) is 12.1. The summed E-state index contributed by atoms with van der Waals surface area (Å²) < 4.78 is 0. The van der Waals surface area contributed by atoms with E-state index >= 15 is 0 Å². The molecule has 0 radical (unpaired) electrons. The Labute approximate surface area is 97.8 Å². The predicted molar refractivity (Wildman–Crippen MR) is 63.3 cm³/mol. The van der Waals surface area contributed by atoms with Crippen LogP contribution in [0.3, 0.4) is 0 Å². The van der Waals surface area contributed by atoms with E-state index in [1.807, 2.05) is 0 Å². The molecule has 2 rings (SSSR count). The Morgan fingerprint density at radius 2 is 1.75 bits per heavy atom. The summed E-state index contributed by atoms with van der Waals surface area (Å²) in [4.78, 5) is 13.8. The Balaban J connectivity index is 1.86. The van der Waals surface area contributed by atoms with Crippen molar-refractivity contribution in [3.63, 3.8) is 0 Å². The SMILES string of the molecule is O=C1CCC(N(CCCO)C2CCC2)CC1. The number of carbonyl (C=O) groups is 1. The van der Waals surface area contributed by atoms with Gasteiger partial charge in [-0.2, -0.15) is 0 Å². The lowest BCUT2D eigenvalue weighted by molar-refractivity contribution is -0.121. The molecule has 16 heavy (non-hydrogen) atoms. The van der Waals surface area contributed by atoms with Gasteiger partial charge in [0.25, 0.3) is 0 Å². The summed E-state index contributed by atoms with van der Waals surface area (Å²) in [5.41, 5.74) is 0. The molecule has 0 amide bonds. The Morgan fingerprint density at radius 1 is 1.12 bits per heavy atom. The second-order valence-electron chi connectivity index (χ2n) is 5.17. The maximum absolute atomic E-state index is 11.2. The van der Waals surface area contributed by atoms with Crippen molar-refractivity contribution in [1.82, 2.24) is 4.90 Å². The minimum atomic E-state index is 0.287. The Kier molecular flexibility index (Phi) is 4.36. The number of aliphatic hydroxyl groups excluding tert-OH is 1. The largest absolute Gasteiger partial charge is 0.396 e. The smallest absolute Gasteiger partial charge is 0.133 e. The van der Waals surface area contributed by atoms with E-state index in [1.54, 1.807) is 0 Å². The van der Waals surface area contributed by atoms with Crippen LogP contribution in [0.1, 0.15) is 51.4 Å². The van der Waals surface area contributed by atoms with E-state index in [2.05, 4.69) is 4.90 Å². The number of hydrogen-bond donors (Lipinski definition) is 1. The van der Waals surface area contributed by atoms with Crippen LogP contribution < -0.4 is 0 Å². The third-order valence-electron chi connectivity index (χ3n) is 4.10. The van der Waals surface area contributed by atoms with E-state index < -0.39 is 0 Å². The highest BCUT2D eigenvalue weighted by Gasteiger charge is 2.32. The zero-order chi connectivity index (χ0) is 11.4. The van der Waals surface area contributed by atoms with Crippen molar-refractivity contribution in [3.8, 4) is 0 Å². The van der Waals surface area contributed by atoms with E-state index in [-0.39, 0.29) is 6.61 Å². The van der Waals surface area contributed by atoms with E-state index in [4.69, 9.17) is 5.11 Å². The third-order valence-corrected chi connectivity index (χ3v) is 4.10. The van der Waals surface area contributed by atoms with Crippen molar-refractivity contribution in [2.75, 3.05) is 13.2 Å². The average molecular weight is 225 g/mol. The number of nitrogens with zero attached hydrogens (tertiary/aromatic N) is 1. The standard InChI is InChI=1S/C13H23NO2/c15-10-2-9-14(11-3-1-4-11)12-5-7-13(16)8-6-12/h11-12,15H,1-10H2. The average Bonchev–Trinajstić information content (AvgIpc) is 2.23. The molecule has 2 fully saturated rings. The Hall–Kier alpha value is -0.410. The van der Waals surface area contributed by atoms with E-state index in [0.29, 0.717) is 11.8 Å². The molecule has 0 saturated heterocycles. The van der Waals surface area contributed by atoms with Crippen LogP contribution in [-0.4, -0.2) is 41.0 Å². The quantitative estimate of drug-likeness (QED) is 0.774. The molecule has 1 N–H and O–H groups in total. The van der Waals surface area contributed by atoms with Crippen LogP contribution in [0.4, 0.5) is 0 Å². The molecule has 0 bridgehead atoms. The Bertz CT molecular complexity index is 228. The van der Waals surface area contributed by atoms with Crippen LogP contribution in [0.2, 0.25) is 0 Å². The summed E-state index contributed by atoms with van der Waals surface area (Å²) in [6, 6.07) is 1.35. The summed E-state index contributed by atoms with van der Waals surface area (Å²) in [6.07, 6.45) is 8.49. The summed E-state index contributed by atoms with van der Waals surface area (Å²) >= 11 is 0. The van der Waals surface area contributed by atoms with Gasteiger partial charge >= 0.3 is 0 Å². The van der Waals surface area contributed by atoms with Crippen molar-refractivity contribution in [2.24, 2.45) is 0 Å². The second-order valence-corrected chi connectivity index (χ2v) is 5.17. The van der Waals surface area contributed by atoms with Crippen LogP contribution in [0.5, 0.6) is 0 Å². The van der Waals surface area contributed by atoms with Crippen molar-refractivity contribution in [3.05, 3.63) is 0 Å². The van der Waals surface area contributed by atoms with Gasteiger partial charge in [-0.1, -0.05) is 6.42 Å². The molecule has 0 spiro atoms. The van der Waals surface area contributed by atoms with Crippen LogP contribution in [-0.2, 0) is 4.79 Å². The molecule has 2 saturated carbocycles. The fourth-order valence-corrected chi connectivity index (χ4v) is 2.89. The second kappa shape index (κ2) is 5.78. The summed E-state index contributed by atoms with van der Waals surface area (Å²) in [7, 11) is 0. The number of aliphatic hydroxyl groups is 1. The zero-order valence-electron chi connectivity index (χ0n) is 10.0. The van der Waals surface area contributed by atoms with Gasteiger partial charge in [0.2, 0.25) is 0 Å². The Morgan fingerprint density at radius 3 is 2.25 bits per heavy atom. The lowest BCUT2D eigenvalue weighted by Crippen LogP contribution is -2.48. The van der Waals surface area contributed by atoms with Crippen molar-refractivity contribution >= 4 is 5.78 Å². The van der Waals surface area contributed by atoms with Crippen LogP contribution in [0.15, 0.2) is 0 Å². The number of hydrogen-bond acceptors (Lipinski definition) is 3. The van der Waals surface area contributed by atoms with Gasteiger partial charge in [0.15, 0.2) is 0 Å². The lowest BCUT2D eigenvalue weighted by atomic mass is 9.86. The maximum Gasteiger partial charge on any atom is 0.133 e. The molecule has 0 aliphatic heterocycles. The highest BCUT2D eigenvalue weighted by Crippen LogP contribution is 2.31. The molecule has 0 aromatic carbocycles. The molecule has 2 aliphatic carbocycles. The van der Waals surface area contributed by atoms with Crippen molar-refractivity contribution < 1.29 is 9.90 Å². The lowest BCUT2D eigenvalue weighted by Gasteiger charge is -2.43. The third kappa shape index (κ3) is 2.83. The van der Waals surface area contributed by atoms with E-state index in [1.165, 1.54) is 19.3 Å². The van der Waals surface area contributed by atoms with E-state index in [9.17, 15) is 4.79 Å². The number of rotatable bonds is 5. The molecule has 0 unspecified atom stereocenters. The highest BCUT2D eigenvalue weighted by molar-refractivity contribution is 5.79. The van der Waals surface area contributed by atoms with Crippen LogP contribution >= 0.6 is 0 Å². The van der Waals surface area contributed by atoms with Gasteiger partial charge in [-0.3, -0.25) is 9.69 Å². The van der Waals surface area contributed by atoms with Gasteiger partial charge in [-0.15, -0.1) is 0 Å². The number of Topliss-reactive ketones (excluding diaryl/α,β-unsaturated/α-hetero) is 1. The molecule has 0 aromatic rings. The molecule has 0 atom stereocenters. The summed E-state index contributed by atoms with van der Waals surface area (Å²) in [5.74, 6) is 0.437. The fourth-order valence-electron chi connectivity index (χ4n) is 2.89. The van der Waals surface area contributed by atoms with Crippen molar-refractivity contribution in [1.29, 1.82) is 0 Å². The first-order chi connectivity index (χ1) is 7.81. The minimum absolute atomic E-state index is 0.287. The molecule has 2 aliphatic rings. The van der Waals surface area contributed by atoms with Gasteiger partial charge in [0, 0.05) is 38.1 Å². The van der Waals surface area contributed by atoms with Crippen LogP contribution in [0, 0.1) is 0 Å². The molecule has 0 heterocycles. The first-order valence-corrected chi connectivity index (χ1v) is 6.69. The monoisotopic (exact) mass is 225 g/mol.